The van der Waals surface area contributed by atoms with Gasteiger partial charge in [0.05, 0.1) is 11.0 Å². The molecule has 0 saturated carbocycles. The Hall–Kier alpha value is -2.66. The Balaban J connectivity index is 1.51. The first-order chi connectivity index (χ1) is 12.2. The van der Waals surface area contributed by atoms with Gasteiger partial charge in [0, 0.05) is 15.6 Å². The van der Waals surface area contributed by atoms with Crippen molar-refractivity contribution < 1.29 is 9.13 Å². The summed E-state index contributed by atoms with van der Waals surface area (Å²) >= 11 is 3.40. The second-order valence-corrected chi connectivity index (χ2v) is 6.51. The topological polar surface area (TPSA) is 37.9 Å². The second-order valence-electron chi connectivity index (χ2n) is 5.65. The van der Waals surface area contributed by atoms with Gasteiger partial charge >= 0.3 is 0 Å². The molecule has 5 heteroatoms. The Morgan fingerprint density at radius 2 is 1.80 bits per heavy atom. The van der Waals surface area contributed by atoms with Crippen molar-refractivity contribution in [2.24, 2.45) is 0 Å². The smallest absolute Gasteiger partial charge is 0.138 e. The van der Waals surface area contributed by atoms with Crippen LogP contribution in [0, 0.1) is 5.82 Å². The van der Waals surface area contributed by atoms with E-state index >= 15 is 0 Å². The van der Waals surface area contributed by atoms with E-state index in [1.165, 1.54) is 12.1 Å². The molecule has 0 bridgehead atoms. The van der Waals surface area contributed by atoms with Crippen LogP contribution in [-0.4, -0.2) is 9.97 Å². The van der Waals surface area contributed by atoms with Crippen LogP contribution in [0.2, 0.25) is 0 Å². The molecule has 4 rings (SSSR count). The van der Waals surface area contributed by atoms with Gasteiger partial charge < -0.3 is 9.72 Å². The van der Waals surface area contributed by atoms with Gasteiger partial charge in [0.15, 0.2) is 0 Å². The molecule has 0 atom stereocenters. The molecule has 0 unspecified atom stereocenters. The molecule has 0 fully saturated rings. The summed E-state index contributed by atoms with van der Waals surface area (Å²) in [6, 6.07) is 20.2. The van der Waals surface area contributed by atoms with Crippen molar-refractivity contribution >= 4 is 27.0 Å². The van der Waals surface area contributed by atoms with Crippen molar-refractivity contribution in [3.8, 4) is 17.1 Å². The second kappa shape index (κ2) is 6.69. The maximum atomic E-state index is 13.3. The fraction of sp³-hybridized carbons (Fsp3) is 0.0500. The average molecular weight is 397 g/mol. The highest BCUT2D eigenvalue weighted by Crippen LogP contribution is 2.24. The van der Waals surface area contributed by atoms with Crippen LogP contribution >= 0.6 is 15.9 Å². The first kappa shape index (κ1) is 15.8. The number of nitrogens with one attached hydrogen (secondary N) is 1. The number of H-pyrrole nitrogens is 1. The zero-order chi connectivity index (χ0) is 17.2. The lowest BCUT2D eigenvalue weighted by atomic mass is 10.2. The number of rotatable bonds is 4. The van der Waals surface area contributed by atoms with Crippen molar-refractivity contribution in [1.29, 1.82) is 0 Å². The molecule has 124 valence electrons. The fourth-order valence-electron chi connectivity index (χ4n) is 2.61. The molecule has 4 aromatic rings. The van der Waals surface area contributed by atoms with Crippen molar-refractivity contribution in [2.75, 3.05) is 0 Å². The molecule has 0 aliphatic rings. The van der Waals surface area contributed by atoms with Gasteiger partial charge in [0.1, 0.15) is 24.0 Å². The summed E-state index contributed by atoms with van der Waals surface area (Å²) in [7, 11) is 0. The minimum Gasteiger partial charge on any atom is -0.489 e. The molecule has 0 radical (unpaired) electrons. The molecule has 3 aromatic carbocycles. The van der Waals surface area contributed by atoms with Crippen LogP contribution in [0.25, 0.3) is 22.4 Å². The van der Waals surface area contributed by atoms with E-state index in [-0.39, 0.29) is 5.82 Å². The minimum atomic E-state index is -0.276. The van der Waals surface area contributed by atoms with E-state index in [9.17, 15) is 4.39 Å². The summed E-state index contributed by atoms with van der Waals surface area (Å²) in [5, 5.41) is 0. The van der Waals surface area contributed by atoms with Crippen LogP contribution in [0.1, 0.15) is 5.56 Å². The number of aromatic nitrogens is 2. The summed E-state index contributed by atoms with van der Waals surface area (Å²) in [6.45, 7) is 0.294. The zero-order valence-electron chi connectivity index (χ0n) is 13.2. The molecule has 3 nitrogen and oxygen atoms in total. The van der Waals surface area contributed by atoms with Gasteiger partial charge in [-0.15, -0.1) is 0 Å². The van der Waals surface area contributed by atoms with Gasteiger partial charge in [-0.25, -0.2) is 9.37 Å². The van der Waals surface area contributed by atoms with Crippen molar-refractivity contribution in [3.05, 3.63) is 82.6 Å². The normalized spacial score (nSPS) is 11.0. The number of halogens is 2. The van der Waals surface area contributed by atoms with Gasteiger partial charge in [-0.05, 0) is 54.6 Å². The molecule has 1 heterocycles. The van der Waals surface area contributed by atoms with Crippen LogP contribution in [0.3, 0.4) is 0 Å². The third-order valence-corrected chi connectivity index (χ3v) is 4.69. The fourth-order valence-corrected chi connectivity index (χ4v) is 2.97. The quantitative estimate of drug-likeness (QED) is 0.479. The molecule has 1 aromatic heterocycles. The van der Waals surface area contributed by atoms with Crippen LogP contribution in [0.4, 0.5) is 4.39 Å². The standard InChI is InChI=1S/C20H14BrFN2O/c21-17-10-7-15(22)11-14(17)12-25-16-8-5-13(6-9-16)20-23-18-3-1-2-4-19(18)24-20/h1-11H,12H2,(H,23,24). The molecule has 0 aliphatic carbocycles. The number of hydrogen-bond donors (Lipinski definition) is 1. The van der Waals surface area contributed by atoms with Gasteiger partial charge in [-0.3, -0.25) is 0 Å². The Morgan fingerprint density at radius 1 is 1.00 bits per heavy atom. The molecule has 0 spiro atoms. The molecule has 0 saturated heterocycles. The van der Waals surface area contributed by atoms with Crippen molar-refractivity contribution in [1.82, 2.24) is 9.97 Å². The van der Waals surface area contributed by atoms with E-state index < -0.39 is 0 Å². The highest BCUT2D eigenvalue weighted by Gasteiger charge is 2.06. The monoisotopic (exact) mass is 396 g/mol. The number of fused-ring (bicyclic) bond motifs is 1. The summed E-state index contributed by atoms with van der Waals surface area (Å²) in [6.07, 6.45) is 0. The number of benzene rings is 3. The van der Waals surface area contributed by atoms with E-state index in [0.29, 0.717) is 6.61 Å². The van der Waals surface area contributed by atoms with Gasteiger partial charge in [-0.1, -0.05) is 28.1 Å². The van der Waals surface area contributed by atoms with E-state index in [1.54, 1.807) is 6.07 Å². The lowest BCUT2D eigenvalue weighted by Gasteiger charge is -2.08. The molecule has 1 N–H and O–H groups in total. The van der Waals surface area contributed by atoms with Crippen LogP contribution in [0.15, 0.2) is 71.2 Å². The average Bonchev–Trinajstić information content (AvgIpc) is 3.07. The van der Waals surface area contributed by atoms with Crippen LogP contribution < -0.4 is 4.74 Å². The molecular formula is C20H14BrFN2O. The van der Waals surface area contributed by atoms with E-state index in [2.05, 4.69) is 25.9 Å². The number of para-hydroxylation sites is 2. The van der Waals surface area contributed by atoms with Crippen LogP contribution in [-0.2, 0) is 6.61 Å². The molecule has 25 heavy (non-hydrogen) atoms. The van der Waals surface area contributed by atoms with E-state index in [0.717, 1.165) is 38.2 Å². The summed E-state index contributed by atoms with van der Waals surface area (Å²) in [5.41, 5.74) is 3.69. The highest BCUT2D eigenvalue weighted by molar-refractivity contribution is 9.10. The maximum Gasteiger partial charge on any atom is 0.138 e. The number of hydrogen-bond acceptors (Lipinski definition) is 2. The number of nitrogens with zero attached hydrogens (tertiary/aromatic N) is 1. The molecule has 0 amide bonds. The van der Waals surface area contributed by atoms with Gasteiger partial charge in [0.25, 0.3) is 0 Å². The number of imidazole rings is 1. The summed E-state index contributed by atoms with van der Waals surface area (Å²) in [5.74, 6) is 1.26. The first-order valence-corrected chi connectivity index (χ1v) is 8.60. The van der Waals surface area contributed by atoms with Crippen molar-refractivity contribution in [2.45, 2.75) is 6.61 Å². The minimum absolute atomic E-state index is 0.276. The Bertz CT molecular complexity index is 994. The number of ether oxygens (including phenoxy) is 1. The number of aromatic amines is 1. The Kier molecular flexibility index (Phi) is 4.24. The SMILES string of the molecule is Fc1ccc(Br)c(COc2ccc(-c3nc4ccccc4[nH]3)cc2)c1. The summed E-state index contributed by atoms with van der Waals surface area (Å²) in [4.78, 5) is 7.89. The van der Waals surface area contributed by atoms with Gasteiger partial charge in [-0.2, -0.15) is 0 Å². The van der Waals surface area contributed by atoms with Crippen molar-refractivity contribution in [3.63, 3.8) is 0 Å². The first-order valence-electron chi connectivity index (χ1n) is 7.81. The lowest BCUT2D eigenvalue weighted by molar-refractivity contribution is 0.305. The molecular weight excluding hydrogens is 383 g/mol. The zero-order valence-corrected chi connectivity index (χ0v) is 14.8. The summed E-state index contributed by atoms with van der Waals surface area (Å²) < 4.78 is 19.9. The highest BCUT2D eigenvalue weighted by atomic mass is 79.9. The Morgan fingerprint density at radius 3 is 2.60 bits per heavy atom. The largest absolute Gasteiger partial charge is 0.489 e. The molecule has 0 aliphatic heterocycles. The van der Waals surface area contributed by atoms with E-state index in [1.807, 2.05) is 48.5 Å². The van der Waals surface area contributed by atoms with Crippen LogP contribution in [0.5, 0.6) is 5.75 Å². The maximum absolute atomic E-state index is 13.3. The van der Waals surface area contributed by atoms with Gasteiger partial charge in [0.2, 0.25) is 0 Å². The predicted octanol–water partition coefficient (Wildman–Crippen LogP) is 5.71. The third kappa shape index (κ3) is 3.42. The third-order valence-electron chi connectivity index (χ3n) is 3.92. The van der Waals surface area contributed by atoms with E-state index in [4.69, 9.17) is 4.74 Å². The predicted molar refractivity (Wildman–Crippen MR) is 100.0 cm³/mol. The lowest BCUT2D eigenvalue weighted by Crippen LogP contribution is -1.97. The Labute approximate surface area is 152 Å².